The molecule has 1 radical (unpaired) electrons. The van der Waals surface area contributed by atoms with Crippen molar-refractivity contribution in [1.82, 2.24) is 0 Å². The molecule has 2 rings (SSSR count). The predicted octanol–water partition coefficient (Wildman–Crippen LogP) is 4.54. The Kier molecular flexibility index (Phi) is 5.47. The molecule has 0 atom stereocenters. The summed E-state index contributed by atoms with van der Waals surface area (Å²) in [5, 5.41) is 3.74. The van der Waals surface area contributed by atoms with Crippen LogP contribution in [0.25, 0.3) is 0 Å². The fourth-order valence-electron chi connectivity index (χ4n) is 2.29. The van der Waals surface area contributed by atoms with Crippen molar-refractivity contribution < 1.29 is 22.7 Å². The maximum atomic E-state index is 12.3. The van der Waals surface area contributed by atoms with Crippen molar-refractivity contribution in [2.75, 3.05) is 0 Å². The van der Waals surface area contributed by atoms with E-state index in [1.807, 2.05) is 0 Å². The minimum atomic E-state index is -4.71. The molecule has 21 heavy (non-hydrogen) atoms. The number of hydrogen-bond donors (Lipinski definition) is 0. The molecule has 1 aliphatic rings. The van der Waals surface area contributed by atoms with Crippen LogP contribution >= 0.6 is 0 Å². The Hall–Kier alpha value is -1.72. The molecule has 0 bridgehead atoms. The first-order valence-electron chi connectivity index (χ1n) is 6.96. The van der Waals surface area contributed by atoms with Gasteiger partial charge < -0.3 is 9.57 Å². The van der Waals surface area contributed by atoms with Crippen LogP contribution in [0.3, 0.4) is 0 Å². The van der Waals surface area contributed by atoms with Crippen LogP contribution in [0, 0.1) is 5.92 Å². The van der Waals surface area contributed by atoms with Gasteiger partial charge in [-0.05, 0) is 18.9 Å². The molecule has 3 nitrogen and oxygen atoms in total. The first-order valence-corrected chi connectivity index (χ1v) is 6.96. The minimum absolute atomic E-state index is 0.0774. The third kappa shape index (κ3) is 5.65. The summed E-state index contributed by atoms with van der Waals surface area (Å²) < 4.78 is 40.7. The van der Waals surface area contributed by atoms with E-state index in [0.29, 0.717) is 11.5 Å². The highest BCUT2D eigenvalue weighted by molar-refractivity contribution is 5.59. The lowest BCUT2D eigenvalue weighted by Gasteiger charge is -2.16. The van der Waals surface area contributed by atoms with E-state index in [2.05, 4.69) is 16.1 Å². The summed E-state index contributed by atoms with van der Waals surface area (Å²) in [7, 11) is 0. The summed E-state index contributed by atoms with van der Waals surface area (Å²) in [4.78, 5) is 5.04. The average Bonchev–Trinajstić information content (AvgIpc) is 2.45. The number of rotatable bonds is 5. The fourth-order valence-corrected chi connectivity index (χ4v) is 2.29. The van der Waals surface area contributed by atoms with Gasteiger partial charge in [-0.25, -0.2) is 0 Å². The summed E-state index contributed by atoms with van der Waals surface area (Å²) in [5.41, 5.74) is 0.295. The molecule has 0 unspecified atom stereocenters. The van der Waals surface area contributed by atoms with Gasteiger partial charge >= 0.3 is 6.36 Å². The normalized spacial score (nSPS) is 17.1. The molecule has 1 fully saturated rings. The van der Waals surface area contributed by atoms with Gasteiger partial charge in [0.2, 0.25) is 0 Å². The number of para-hydroxylation sites is 1. The number of hydrogen-bond acceptors (Lipinski definition) is 3. The fraction of sp³-hybridized carbons (Fsp3) is 0.533. The molecule has 0 heterocycles. The monoisotopic (exact) mass is 300 g/mol. The molecule has 115 valence electrons. The van der Waals surface area contributed by atoms with Gasteiger partial charge in [0.1, 0.15) is 18.6 Å². The molecule has 1 aromatic carbocycles. The van der Waals surface area contributed by atoms with Gasteiger partial charge in [0.25, 0.3) is 0 Å². The summed E-state index contributed by atoms with van der Waals surface area (Å²) in [6.45, 7) is -0.0774. The van der Waals surface area contributed by atoms with Crippen LogP contribution in [0.15, 0.2) is 29.4 Å². The predicted molar refractivity (Wildman–Crippen MR) is 71.9 cm³/mol. The average molecular weight is 300 g/mol. The summed E-state index contributed by atoms with van der Waals surface area (Å²) in [5.74, 6) is 0.0262. The van der Waals surface area contributed by atoms with Crippen LogP contribution in [0.1, 0.15) is 37.7 Å². The number of benzene rings is 1. The van der Waals surface area contributed by atoms with Crippen molar-refractivity contribution in [2.24, 2.45) is 11.1 Å². The molecule has 1 saturated carbocycles. The van der Waals surface area contributed by atoms with Crippen LogP contribution in [0.2, 0.25) is 0 Å². The van der Waals surface area contributed by atoms with Crippen LogP contribution in [0.4, 0.5) is 13.2 Å². The topological polar surface area (TPSA) is 30.8 Å². The molecule has 0 N–H and O–H groups in total. The zero-order valence-electron chi connectivity index (χ0n) is 11.5. The quantitative estimate of drug-likeness (QED) is 0.590. The highest BCUT2D eigenvalue weighted by Crippen LogP contribution is 2.27. The van der Waals surface area contributed by atoms with Crippen LogP contribution in [-0.4, -0.2) is 12.6 Å². The summed E-state index contributed by atoms with van der Waals surface area (Å²) >= 11 is 0. The highest BCUT2D eigenvalue weighted by Gasteiger charge is 2.32. The molecule has 6 heteroatoms. The first-order chi connectivity index (χ1) is 10.0. The van der Waals surface area contributed by atoms with Gasteiger partial charge in [-0.2, -0.15) is 0 Å². The molecule has 1 aliphatic carbocycles. The molecular weight excluding hydrogens is 283 g/mol. The third-order valence-corrected chi connectivity index (χ3v) is 3.32. The van der Waals surface area contributed by atoms with Crippen LogP contribution < -0.4 is 4.74 Å². The molecular formula is C15H17F3NO2. The number of ether oxygens (including phenoxy) is 1. The second-order valence-electron chi connectivity index (χ2n) is 4.98. The zero-order chi connectivity index (χ0) is 15.1. The third-order valence-electron chi connectivity index (χ3n) is 3.32. The van der Waals surface area contributed by atoms with Crippen molar-refractivity contribution in [1.29, 1.82) is 0 Å². The molecule has 0 aromatic heterocycles. The Morgan fingerprint density at radius 1 is 1.14 bits per heavy atom. The second-order valence-corrected chi connectivity index (χ2v) is 4.98. The molecule has 0 aliphatic heterocycles. The van der Waals surface area contributed by atoms with E-state index >= 15 is 0 Å². The number of nitrogens with zero attached hydrogens (tertiary/aromatic N) is 1. The van der Waals surface area contributed by atoms with E-state index in [0.717, 1.165) is 25.7 Å². The van der Waals surface area contributed by atoms with Crippen molar-refractivity contribution in [3.8, 4) is 5.75 Å². The lowest BCUT2D eigenvalue weighted by Crippen LogP contribution is -2.18. The van der Waals surface area contributed by atoms with E-state index in [-0.39, 0.29) is 12.4 Å². The molecule has 0 amide bonds. The number of halogens is 3. The van der Waals surface area contributed by atoms with Crippen LogP contribution in [-0.2, 0) is 11.4 Å². The van der Waals surface area contributed by atoms with Crippen molar-refractivity contribution in [2.45, 2.75) is 45.1 Å². The van der Waals surface area contributed by atoms with E-state index in [9.17, 15) is 13.2 Å². The maximum Gasteiger partial charge on any atom is 0.573 e. The number of alkyl halides is 3. The van der Waals surface area contributed by atoms with Crippen molar-refractivity contribution in [3.05, 3.63) is 29.8 Å². The SMILES string of the molecule is FC(F)(F)Oc1ccccc1CO/N=[C]\C1CCCCC1. The van der Waals surface area contributed by atoms with Gasteiger partial charge in [-0.1, -0.05) is 42.6 Å². The van der Waals surface area contributed by atoms with E-state index in [4.69, 9.17) is 4.84 Å². The first kappa shape index (κ1) is 15.7. The Bertz CT molecular complexity index is 468. The summed E-state index contributed by atoms with van der Waals surface area (Å²) in [6.07, 6.45) is 3.83. The van der Waals surface area contributed by atoms with E-state index in [1.165, 1.54) is 24.6 Å². The Morgan fingerprint density at radius 2 is 1.86 bits per heavy atom. The minimum Gasteiger partial charge on any atom is -0.405 e. The highest BCUT2D eigenvalue weighted by atomic mass is 19.4. The molecule has 1 aromatic rings. The Balaban J connectivity index is 1.86. The lowest BCUT2D eigenvalue weighted by molar-refractivity contribution is -0.275. The van der Waals surface area contributed by atoms with E-state index < -0.39 is 6.36 Å². The smallest absolute Gasteiger partial charge is 0.405 e. The van der Waals surface area contributed by atoms with Gasteiger partial charge in [0.05, 0.1) is 0 Å². The Morgan fingerprint density at radius 3 is 2.57 bits per heavy atom. The van der Waals surface area contributed by atoms with Gasteiger partial charge in [0, 0.05) is 11.5 Å². The molecule has 0 saturated heterocycles. The largest absolute Gasteiger partial charge is 0.573 e. The van der Waals surface area contributed by atoms with Crippen LogP contribution in [0.5, 0.6) is 5.75 Å². The van der Waals surface area contributed by atoms with Crippen molar-refractivity contribution in [3.63, 3.8) is 0 Å². The molecule has 0 spiro atoms. The summed E-state index contributed by atoms with van der Waals surface area (Å²) in [6, 6.07) is 5.86. The van der Waals surface area contributed by atoms with Gasteiger partial charge in [0.15, 0.2) is 0 Å². The second kappa shape index (κ2) is 7.33. The van der Waals surface area contributed by atoms with Gasteiger partial charge in [-0.3, -0.25) is 0 Å². The Labute approximate surface area is 121 Å². The maximum absolute atomic E-state index is 12.3. The van der Waals surface area contributed by atoms with Gasteiger partial charge in [-0.15, -0.1) is 13.2 Å². The zero-order valence-corrected chi connectivity index (χ0v) is 11.5. The van der Waals surface area contributed by atoms with E-state index in [1.54, 1.807) is 6.07 Å². The standard InChI is InChI=1S/C15H17F3NO2/c16-15(17,18)21-14-9-5-4-8-13(14)11-20-19-10-12-6-2-1-3-7-12/h4-5,8-9,12H,1-3,6-7,11H2. The lowest BCUT2D eigenvalue weighted by atomic mass is 9.90. The van der Waals surface area contributed by atoms with Crippen molar-refractivity contribution >= 4 is 6.21 Å².